The summed E-state index contributed by atoms with van der Waals surface area (Å²) in [6.45, 7) is 1.70. The number of allylic oxidation sites excluding steroid dienone is 1. The number of halogens is 1. The molecule has 16 heavy (non-hydrogen) atoms. The summed E-state index contributed by atoms with van der Waals surface area (Å²) in [4.78, 5) is 23.5. The third-order valence-corrected chi connectivity index (χ3v) is 2.13. The van der Waals surface area contributed by atoms with E-state index in [1.807, 2.05) is 0 Å². The van der Waals surface area contributed by atoms with Crippen LogP contribution < -0.4 is 0 Å². The zero-order valence-electron chi connectivity index (χ0n) is 8.12. The van der Waals surface area contributed by atoms with E-state index in [1.165, 1.54) is 4.68 Å². The lowest BCUT2D eigenvalue weighted by Gasteiger charge is -1.96. The first-order chi connectivity index (χ1) is 7.40. The predicted molar refractivity (Wildman–Crippen MR) is 55.8 cm³/mol. The Morgan fingerprint density at radius 2 is 2.38 bits per heavy atom. The Kier molecular flexibility index (Phi) is 3.72. The van der Waals surface area contributed by atoms with Crippen molar-refractivity contribution >= 4 is 27.8 Å². The van der Waals surface area contributed by atoms with Gasteiger partial charge in [-0.1, -0.05) is 0 Å². The first-order valence-electron chi connectivity index (χ1n) is 4.05. The molecule has 0 aliphatic carbocycles. The molecule has 0 aliphatic rings. The highest BCUT2D eigenvalue weighted by Crippen LogP contribution is 2.13. The molecule has 0 aliphatic heterocycles. The average molecular weight is 291 g/mol. The molecule has 0 unspecified atom stereocenters. The van der Waals surface area contributed by atoms with Crippen molar-refractivity contribution in [3.63, 3.8) is 0 Å². The van der Waals surface area contributed by atoms with Crippen LogP contribution >= 0.6 is 15.9 Å². The minimum absolute atomic E-state index is 0.119. The van der Waals surface area contributed by atoms with E-state index in [4.69, 9.17) is 5.11 Å². The summed E-state index contributed by atoms with van der Waals surface area (Å²) in [5, 5.41) is 22.4. The first kappa shape index (κ1) is 12.3. The Balaban J connectivity index is 2.89. The molecule has 0 atom stereocenters. The minimum atomic E-state index is -1.08. The fourth-order valence-electron chi connectivity index (χ4n) is 0.982. The standard InChI is InChI=1S/C7H7BrN4O4/c1-4(2-5(13)14)3-11-6(8)9-7(10-11)12(15)16/h2H,3H2,1H3,(H,13,14). The van der Waals surface area contributed by atoms with E-state index in [1.54, 1.807) is 6.92 Å². The second-order valence-corrected chi connectivity index (χ2v) is 3.63. The third-order valence-electron chi connectivity index (χ3n) is 1.55. The summed E-state index contributed by atoms with van der Waals surface area (Å²) >= 11 is 2.99. The second-order valence-electron chi connectivity index (χ2n) is 2.92. The molecular weight excluding hydrogens is 284 g/mol. The second kappa shape index (κ2) is 4.84. The molecule has 1 heterocycles. The number of nitrogens with zero attached hydrogens (tertiary/aromatic N) is 4. The normalized spacial score (nSPS) is 11.5. The molecule has 1 rings (SSSR count). The fourth-order valence-corrected chi connectivity index (χ4v) is 1.35. The minimum Gasteiger partial charge on any atom is -0.478 e. The van der Waals surface area contributed by atoms with Crippen molar-refractivity contribution in [3.8, 4) is 0 Å². The first-order valence-corrected chi connectivity index (χ1v) is 4.84. The Morgan fingerprint density at radius 1 is 1.75 bits per heavy atom. The van der Waals surface area contributed by atoms with Crippen LogP contribution in [0.15, 0.2) is 16.4 Å². The van der Waals surface area contributed by atoms with Crippen LogP contribution in [0.25, 0.3) is 0 Å². The highest BCUT2D eigenvalue weighted by Gasteiger charge is 2.19. The lowest BCUT2D eigenvalue weighted by Crippen LogP contribution is -2.04. The Labute approximate surface area is 97.9 Å². The zero-order chi connectivity index (χ0) is 12.3. The number of carboxylic acids is 1. The van der Waals surface area contributed by atoms with Crippen LogP contribution in [0.3, 0.4) is 0 Å². The molecule has 1 N–H and O–H groups in total. The van der Waals surface area contributed by atoms with E-state index < -0.39 is 16.8 Å². The van der Waals surface area contributed by atoms with Gasteiger partial charge in [-0.2, -0.15) is 4.68 Å². The maximum absolute atomic E-state index is 10.4. The van der Waals surface area contributed by atoms with Gasteiger partial charge in [-0.05, 0) is 22.4 Å². The summed E-state index contributed by atoms with van der Waals surface area (Å²) in [7, 11) is 0. The lowest BCUT2D eigenvalue weighted by atomic mass is 10.3. The van der Waals surface area contributed by atoms with E-state index in [0.29, 0.717) is 5.57 Å². The van der Waals surface area contributed by atoms with Crippen molar-refractivity contribution in [2.45, 2.75) is 13.5 Å². The number of carbonyl (C=O) groups is 1. The molecule has 0 amide bonds. The number of carboxylic acid groups (broad SMARTS) is 1. The molecule has 0 bridgehead atoms. The molecule has 9 heteroatoms. The number of hydrogen-bond donors (Lipinski definition) is 1. The number of nitro groups is 1. The third kappa shape index (κ3) is 3.12. The van der Waals surface area contributed by atoms with Gasteiger partial charge in [0.2, 0.25) is 0 Å². The van der Waals surface area contributed by atoms with E-state index in [-0.39, 0.29) is 11.3 Å². The predicted octanol–water partition coefficient (Wildman–Crippen LogP) is 0.980. The summed E-state index contributed by atoms with van der Waals surface area (Å²) in [5.74, 6) is -1.61. The van der Waals surface area contributed by atoms with Gasteiger partial charge in [0.05, 0.1) is 6.54 Å². The quantitative estimate of drug-likeness (QED) is 0.503. The van der Waals surface area contributed by atoms with E-state index in [9.17, 15) is 14.9 Å². The van der Waals surface area contributed by atoms with Crippen LogP contribution in [0.1, 0.15) is 6.92 Å². The molecule has 0 radical (unpaired) electrons. The van der Waals surface area contributed by atoms with Crippen LogP contribution in [0.2, 0.25) is 0 Å². The number of rotatable bonds is 4. The topological polar surface area (TPSA) is 111 Å². The summed E-state index contributed by atoms with van der Waals surface area (Å²) in [6.07, 6.45) is 1.000. The highest BCUT2D eigenvalue weighted by atomic mass is 79.9. The van der Waals surface area contributed by atoms with Gasteiger partial charge in [-0.3, -0.25) is 0 Å². The number of aromatic nitrogens is 3. The number of aliphatic carboxylic acids is 1. The van der Waals surface area contributed by atoms with Gasteiger partial charge in [0.15, 0.2) is 0 Å². The number of hydrogen-bond acceptors (Lipinski definition) is 5. The van der Waals surface area contributed by atoms with E-state index in [0.717, 1.165) is 6.08 Å². The van der Waals surface area contributed by atoms with Gasteiger partial charge in [0.25, 0.3) is 4.73 Å². The zero-order valence-corrected chi connectivity index (χ0v) is 9.71. The molecule has 1 aromatic rings. The molecule has 8 nitrogen and oxygen atoms in total. The van der Waals surface area contributed by atoms with E-state index in [2.05, 4.69) is 26.0 Å². The van der Waals surface area contributed by atoms with Gasteiger partial charge in [-0.25, -0.2) is 4.79 Å². The monoisotopic (exact) mass is 290 g/mol. The van der Waals surface area contributed by atoms with Crippen molar-refractivity contribution in [2.24, 2.45) is 0 Å². The van der Waals surface area contributed by atoms with Gasteiger partial charge < -0.3 is 15.2 Å². The van der Waals surface area contributed by atoms with E-state index >= 15 is 0 Å². The molecule has 0 aromatic carbocycles. The molecule has 0 saturated carbocycles. The Hall–Kier alpha value is -1.77. The van der Waals surface area contributed by atoms with Crippen molar-refractivity contribution in [3.05, 3.63) is 26.5 Å². The van der Waals surface area contributed by atoms with Crippen LogP contribution in [0.5, 0.6) is 0 Å². The molecule has 86 valence electrons. The van der Waals surface area contributed by atoms with Crippen molar-refractivity contribution in [1.82, 2.24) is 14.8 Å². The molecule has 0 spiro atoms. The molecule has 1 aromatic heterocycles. The Morgan fingerprint density at radius 3 is 2.81 bits per heavy atom. The maximum atomic E-state index is 10.4. The molecular formula is C7H7BrN4O4. The fraction of sp³-hybridized carbons (Fsp3) is 0.286. The van der Waals surface area contributed by atoms with Crippen LogP contribution in [0.4, 0.5) is 5.95 Å². The molecule has 0 fully saturated rings. The summed E-state index contributed by atoms with van der Waals surface area (Å²) in [5.41, 5.74) is 0.494. The lowest BCUT2D eigenvalue weighted by molar-refractivity contribution is -0.394. The Bertz CT molecular complexity index is 467. The summed E-state index contributed by atoms with van der Waals surface area (Å²) < 4.78 is 1.38. The van der Waals surface area contributed by atoms with Crippen molar-refractivity contribution < 1.29 is 14.8 Å². The largest absolute Gasteiger partial charge is 0.492 e. The van der Waals surface area contributed by atoms with Gasteiger partial charge in [0.1, 0.15) is 0 Å². The average Bonchev–Trinajstić information content (AvgIpc) is 2.46. The smallest absolute Gasteiger partial charge is 0.478 e. The SMILES string of the molecule is CC(=CC(=O)O)Cn1nc([N+](=O)[O-])nc1Br. The van der Waals surface area contributed by atoms with Crippen molar-refractivity contribution in [2.75, 3.05) is 0 Å². The van der Waals surface area contributed by atoms with Crippen LogP contribution in [0, 0.1) is 10.1 Å². The van der Waals surface area contributed by atoms with Crippen molar-refractivity contribution in [1.29, 1.82) is 0 Å². The van der Waals surface area contributed by atoms with Gasteiger partial charge >= 0.3 is 11.9 Å². The molecule has 0 saturated heterocycles. The van der Waals surface area contributed by atoms with Crippen LogP contribution in [-0.2, 0) is 11.3 Å². The van der Waals surface area contributed by atoms with Crippen LogP contribution in [-0.4, -0.2) is 30.8 Å². The highest BCUT2D eigenvalue weighted by molar-refractivity contribution is 9.10. The van der Waals surface area contributed by atoms with Gasteiger partial charge in [0, 0.05) is 27.1 Å². The maximum Gasteiger partial charge on any atom is 0.492 e. The van der Waals surface area contributed by atoms with Gasteiger partial charge in [-0.15, -0.1) is 0 Å². The summed E-state index contributed by atoms with van der Waals surface area (Å²) in [6, 6.07) is 0.